The fourth-order valence-electron chi connectivity index (χ4n) is 1.58. The summed E-state index contributed by atoms with van der Waals surface area (Å²) < 4.78 is 4.53. The van der Waals surface area contributed by atoms with E-state index >= 15 is 0 Å². The molecule has 18 heavy (non-hydrogen) atoms. The van der Waals surface area contributed by atoms with Crippen LogP contribution in [0.25, 0.3) is 0 Å². The first-order valence-corrected chi connectivity index (χ1v) is 5.80. The van der Waals surface area contributed by atoms with E-state index in [0.717, 1.165) is 11.1 Å². The predicted octanol–water partition coefficient (Wildman–Crippen LogP) is 1.63. The standard InChI is InChI=1S/C14H16O4/c1-3-18-14(17)13(16)9-12(15)8-11-6-4-5-10(2)7-11/h4-7H,3,8-9H2,1-2H3. The normalized spacial score (nSPS) is 9.89. The average Bonchev–Trinajstić information content (AvgIpc) is 2.28. The molecule has 1 aromatic carbocycles. The van der Waals surface area contributed by atoms with Crippen LogP contribution in [0.1, 0.15) is 24.5 Å². The van der Waals surface area contributed by atoms with Gasteiger partial charge in [0.2, 0.25) is 5.78 Å². The molecule has 1 aromatic rings. The van der Waals surface area contributed by atoms with Crippen molar-refractivity contribution < 1.29 is 19.1 Å². The summed E-state index contributed by atoms with van der Waals surface area (Å²) in [5.74, 6) is -2.00. The molecule has 0 heterocycles. The number of carbonyl (C=O) groups excluding carboxylic acids is 3. The maximum atomic E-state index is 11.6. The highest BCUT2D eigenvalue weighted by Gasteiger charge is 2.18. The summed E-state index contributed by atoms with van der Waals surface area (Å²) in [4.78, 5) is 34.0. The molecule has 0 fully saturated rings. The molecule has 0 aliphatic rings. The van der Waals surface area contributed by atoms with Gasteiger partial charge >= 0.3 is 5.97 Å². The van der Waals surface area contributed by atoms with Crippen LogP contribution in [0.5, 0.6) is 0 Å². The van der Waals surface area contributed by atoms with E-state index in [-0.39, 0.29) is 18.8 Å². The van der Waals surface area contributed by atoms with E-state index in [1.165, 1.54) is 0 Å². The number of carbonyl (C=O) groups is 3. The Morgan fingerprint density at radius 3 is 2.56 bits per heavy atom. The molecule has 0 aliphatic heterocycles. The first-order valence-electron chi connectivity index (χ1n) is 5.80. The lowest BCUT2D eigenvalue weighted by Gasteiger charge is -2.02. The highest BCUT2D eigenvalue weighted by molar-refractivity contribution is 6.37. The molecule has 0 radical (unpaired) electrons. The Bertz CT molecular complexity index is 463. The van der Waals surface area contributed by atoms with Crippen LogP contribution in [-0.2, 0) is 25.5 Å². The minimum Gasteiger partial charge on any atom is -0.460 e. The van der Waals surface area contributed by atoms with Crippen LogP contribution in [-0.4, -0.2) is 24.1 Å². The van der Waals surface area contributed by atoms with E-state index in [2.05, 4.69) is 4.74 Å². The Hall–Kier alpha value is -1.97. The Kier molecular flexibility index (Phi) is 5.24. The van der Waals surface area contributed by atoms with Crippen molar-refractivity contribution in [1.82, 2.24) is 0 Å². The maximum Gasteiger partial charge on any atom is 0.375 e. The van der Waals surface area contributed by atoms with Crippen molar-refractivity contribution in [2.45, 2.75) is 26.7 Å². The molecule has 1 rings (SSSR count). The number of hydrogen-bond acceptors (Lipinski definition) is 4. The summed E-state index contributed by atoms with van der Waals surface area (Å²) in [7, 11) is 0. The Morgan fingerprint density at radius 1 is 1.22 bits per heavy atom. The lowest BCUT2D eigenvalue weighted by Crippen LogP contribution is -2.21. The number of esters is 1. The van der Waals surface area contributed by atoms with Gasteiger partial charge in [-0.2, -0.15) is 0 Å². The fraction of sp³-hybridized carbons (Fsp3) is 0.357. The second-order valence-electron chi connectivity index (χ2n) is 4.02. The monoisotopic (exact) mass is 248 g/mol. The molecule has 0 unspecified atom stereocenters. The van der Waals surface area contributed by atoms with E-state index in [9.17, 15) is 14.4 Å². The largest absolute Gasteiger partial charge is 0.460 e. The number of ketones is 2. The zero-order chi connectivity index (χ0) is 13.5. The van der Waals surface area contributed by atoms with E-state index in [1.807, 2.05) is 31.2 Å². The molecule has 0 saturated carbocycles. The zero-order valence-corrected chi connectivity index (χ0v) is 10.6. The average molecular weight is 248 g/mol. The molecular formula is C14H16O4. The van der Waals surface area contributed by atoms with Crippen molar-refractivity contribution in [1.29, 1.82) is 0 Å². The van der Waals surface area contributed by atoms with E-state index in [4.69, 9.17) is 0 Å². The van der Waals surface area contributed by atoms with Gasteiger partial charge in [-0.15, -0.1) is 0 Å². The summed E-state index contributed by atoms with van der Waals surface area (Å²) in [5.41, 5.74) is 1.90. The number of benzene rings is 1. The van der Waals surface area contributed by atoms with Gasteiger partial charge in [0.25, 0.3) is 0 Å². The molecule has 0 atom stereocenters. The summed E-state index contributed by atoms with van der Waals surface area (Å²) in [5, 5.41) is 0. The second kappa shape index (κ2) is 6.69. The number of hydrogen-bond donors (Lipinski definition) is 0. The molecule has 4 nitrogen and oxygen atoms in total. The van der Waals surface area contributed by atoms with Gasteiger partial charge in [-0.3, -0.25) is 9.59 Å². The Morgan fingerprint density at radius 2 is 1.94 bits per heavy atom. The van der Waals surface area contributed by atoms with Crippen LogP contribution in [0.15, 0.2) is 24.3 Å². The number of rotatable bonds is 6. The molecule has 0 N–H and O–H groups in total. The molecule has 0 aliphatic carbocycles. The van der Waals surface area contributed by atoms with Crippen LogP contribution in [0.2, 0.25) is 0 Å². The van der Waals surface area contributed by atoms with E-state index in [1.54, 1.807) is 6.92 Å². The summed E-state index contributed by atoms with van der Waals surface area (Å²) in [6.45, 7) is 3.67. The van der Waals surface area contributed by atoms with Crippen molar-refractivity contribution in [3.63, 3.8) is 0 Å². The van der Waals surface area contributed by atoms with Crippen LogP contribution in [0.4, 0.5) is 0 Å². The molecule has 0 amide bonds. The van der Waals surface area contributed by atoms with Crippen LogP contribution < -0.4 is 0 Å². The number of ether oxygens (including phenoxy) is 1. The lowest BCUT2D eigenvalue weighted by molar-refractivity contribution is -0.154. The van der Waals surface area contributed by atoms with Crippen molar-refractivity contribution in [2.24, 2.45) is 0 Å². The highest BCUT2D eigenvalue weighted by Crippen LogP contribution is 2.06. The fourth-order valence-corrected chi connectivity index (χ4v) is 1.58. The lowest BCUT2D eigenvalue weighted by atomic mass is 10.0. The van der Waals surface area contributed by atoms with Crippen molar-refractivity contribution in [2.75, 3.05) is 6.61 Å². The summed E-state index contributed by atoms with van der Waals surface area (Å²) >= 11 is 0. The number of aryl methyl sites for hydroxylation is 1. The van der Waals surface area contributed by atoms with Gasteiger partial charge in [0.1, 0.15) is 5.78 Å². The van der Waals surface area contributed by atoms with Crippen LogP contribution in [0, 0.1) is 6.92 Å². The summed E-state index contributed by atoms with van der Waals surface area (Å²) in [6, 6.07) is 7.48. The van der Waals surface area contributed by atoms with Gasteiger partial charge in [0, 0.05) is 6.42 Å². The Balaban J connectivity index is 2.52. The van der Waals surface area contributed by atoms with Gasteiger partial charge in [-0.05, 0) is 19.4 Å². The minimum atomic E-state index is -0.935. The van der Waals surface area contributed by atoms with Gasteiger partial charge < -0.3 is 4.74 Å². The van der Waals surface area contributed by atoms with Gasteiger partial charge in [0.05, 0.1) is 13.0 Å². The van der Waals surface area contributed by atoms with Gasteiger partial charge in [-0.1, -0.05) is 29.8 Å². The third kappa shape index (κ3) is 4.49. The van der Waals surface area contributed by atoms with Crippen LogP contribution in [0.3, 0.4) is 0 Å². The molecule has 96 valence electrons. The third-order valence-electron chi connectivity index (χ3n) is 2.34. The summed E-state index contributed by atoms with van der Waals surface area (Å²) in [6.07, 6.45) is -0.237. The minimum absolute atomic E-state index is 0.136. The molecule has 4 heteroatoms. The van der Waals surface area contributed by atoms with Gasteiger partial charge in [0.15, 0.2) is 0 Å². The second-order valence-corrected chi connectivity index (χ2v) is 4.02. The van der Waals surface area contributed by atoms with Crippen molar-refractivity contribution in [3.05, 3.63) is 35.4 Å². The zero-order valence-electron chi connectivity index (χ0n) is 10.6. The van der Waals surface area contributed by atoms with E-state index in [0.29, 0.717) is 0 Å². The highest BCUT2D eigenvalue weighted by atomic mass is 16.5. The van der Waals surface area contributed by atoms with Gasteiger partial charge in [-0.25, -0.2) is 4.79 Å². The molecule has 0 spiro atoms. The predicted molar refractivity (Wildman–Crippen MR) is 66.1 cm³/mol. The van der Waals surface area contributed by atoms with Crippen molar-refractivity contribution in [3.8, 4) is 0 Å². The van der Waals surface area contributed by atoms with E-state index < -0.39 is 18.2 Å². The first-order chi connectivity index (χ1) is 8.52. The van der Waals surface area contributed by atoms with Crippen molar-refractivity contribution >= 4 is 17.5 Å². The van der Waals surface area contributed by atoms with Crippen LogP contribution >= 0.6 is 0 Å². The smallest absolute Gasteiger partial charge is 0.375 e. The third-order valence-corrected chi connectivity index (χ3v) is 2.34. The quantitative estimate of drug-likeness (QED) is 0.436. The molecule has 0 bridgehead atoms. The molecule has 0 aromatic heterocycles. The molecule has 0 saturated heterocycles. The maximum absolute atomic E-state index is 11.6. The topological polar surface area (TPSA) is 60.4 Å². The number of Topliss-reactive ketones (excluding diaryl/α,β-unsaturated/α-hetero) is 2. The SMILES string of the molecule is CCOC(=O)C(=O)CC(=O)Cc1cccc(C)c1. The first kappa shape index (κ1) is 14.1. The molecular weight excluding hydrogens is 232 g/mol. The Labute approximate surface area is 106 Å².